The van der Waals surface area contributed by atoms with E-state index in [1.54, 1.807) is 24.1 Å². The molecule has 0 spiro atoms. The molecular weight excluding hydrogens is 434 g/mol. The number of nitrogens with zero attached hydrogens (tertiary/aromatic N) is 6. The van der Waals surface area contributed by atoms with Crippen LogP contribution >= 0.6 is 0 Å². The van der Waals surface area contributed by atoms with Crippen molar-refractivity contribution in [3.8, 4) is 0 Å². The van der Waals surface area contributed by atoms with Gasteiger partial charge >= 0.3 is 6.03 Å². The quantitative estimate of drug-likeness (QED) is 0.734. The summed E-state index contributed by atoms with van der Waals surface area (Å²) in [5.41, 5.74) is 3.73. The highest BCUT2D eigenvalue weighted by atomic mass is 16.2. The monoisotopic (exact) mass is 467 g/mol. The van der Waals surface area contributed by atoms with Gasteiger partial charge in [-0.2, -0.15) is 4.68 Å². The molecule has 2 fully saturated rings. The van der Waals surface area contributed by atoms with E-state index in [0.717, 1.165) is 45.8 Å². The van der Waals surface area contributed by atoms with E-state index >= 15 is 0 Å². The Morgan fingerprint density at radius 3 is 2.24 bits per heavy atom. The Kier molecular flexibility index (Phi) is 7.16. The third-order valence-corrected chi connectivity index (χ3v) is 6.43. The number of aryl methyl sites for hydroxylation is 1. The SMILES string of the molecule is CC(=O)Nc1ccn(C(=O)N2CCN(Cc3ccc(C)cc3N3CCN(C(C)=O)CC3)CC2)n1. The van der Waals surface area contributed by atoms with Crippen LogP contribution in [0.5, 0.6) is 0 Å². The third kappa shape index (κ3) is 5.56. The van der Waals surface area contributed by atoms with Crippen LogP contribution in [0.25, 0.3) is 0 Å². The lowest BCUT2D eigenvalue weighted by atomic mass is 10.1. The number of carbonyl (C=O) groups excluding carboxylic acids is 3. The fourth-order valence-electron chi connectivity index (χ4n) is 4.52. The van der Waals surface area contributed by atoms with Crippen molar-refractivity contribution in [3.63, 3.8) is 0 Å². The highest BCUT2D eigenvalue weighted by Gasteiger charge is 2.25. The van der Waals surface area contributed by atoms with Crippen molar-refractivity contribution in [1.29, 1.82) is 0 Å². The summed E-state index contributed by atoms with van der Waals surface area (Å²) in [5, 5.41) is 6.74. The van der Waals surface area contributed by atoms with E-state index in [9.17, 15) is 14.4 Å². The summed E-state index contributed by atoms with van der Waals surface area (Å²) >= 11 is 0. The Morgan fingerprint density at radius 1 is 0.912 bits per heavy atom. The summed E-state index contributed by atoms with van der Waals surface area (Å²) in [6.07, 6.45) is 1.57. The zero-order chi connectivity index (χ0) is 24.2. The second kappa shape index (κ2) is 10.3. The Morgan fingerprint density at radius 2 is 1.59 bits per heavy atom. The van der Waals surface area contributed by atoms with Gasteiger partial charge in [0, 0.05) is 90.7 Å². The van der Waals surface area contributed by atoms with Gasteiger partial charge in [-0.3, -0.25) is 14.5 Å². The first kappa shape index (κ1) is 23.7. The summed E-state index contributed by atoms with van der Waals surface area (Å²) in [5.74, 6) is 0.288. The average Bonchev–Trinajstić information content (AvgIpc) is 3.28. The first-order valence-corrected chi connectivity index (χ1v) is 11.7. The standard InChI is InChI=1S/C24H33N7O3/c1-18-4-5-21(22(16-18)29-14-12-28(13-15-29)20(3)33)17-27-8-10-30(11-9-27)24(34)31-7-6-23(26-31)25-19(2)32/h4-7,16H,8-15,17H2,1-3H3,(H,25,26,32). The lowest BCUT2D eigenvalue weighted by molar-refractivity contribution is -0.129. The van der Waals surface area contributed by atoms with Crippen molar-refractivity contribution >= 4 is 29.4 Å². The maximum atomic E-state index is 12.8. The fraction of sp³-hybridized carbons (Fsp3) is 0.500. The van der Waals surface area contributed by atoms with E-state index in [0.29, 0.717) is 18.9 Å². The molecule has 0 saturated carbocycles. The minimum Gasteiger partial charge on any atom is -0.368 e. The molecule has 3 heterocycles. The maximum Gasteiger partial charge on any atom is 0.344 e. The molecule has 1 N–H and O–H groups in total. The van der Waals surface area contributed by atoms with E-state index in [4.69, 9.17) is 0 Å². The van der Waals surface area contributed by atoms with Gasteiger partial charge in [-0.15, -0.1) is 5.10 Å². The molecule has 1 aromatic carbocycles. The molecule has 182 valence electrons. The summed E-state index contributed by atoms with van der Waals surface area (Å²) in [6, 6.07) is 8.02. The predicted octanol–water partition coefficient (Wildman–Crippen LogP) is 1.60. The average molecular weight is 468 g/mol. The molecule has 1 aromatic heterocycles. The van der Waals surface area contributed by atoms with Crippen molar-refractivity contribution in [1.82, 2.24) is 24.5 Å². The van der Waals surface area contributed by atoms with Gasteiger partial charge in [-0.1, -0.05) is 12.1 Å². The molecule has 0 atom stereocenters. The van der Waals surface area contributed by atoms with E-state index in [-0.39, 0.29) is 17.8 Å². The van der Waals surface area contributed by atoms with Gasteiger partial charge in [0.15, 0.2) is 5.82 Å². The largest absolute Gasteiger partial charge is 0.368 e. The molecule has 0 aliphatic carbocycles. The number of hydrogen-bond acceptors (Lipinski definition) is 6. The van der Waals surface area contributed by atoms with Crippen LogP contribution in [0.4, 0.5) is 16.3 Å². The van der Waals surface area contributed by atoms with Crippen molar-refractivity contribution in [2.24, 2.45) is 0 Å². The Balaban J connectivity index is 1.35. The van der Waals surface area contributed by atoms with Gasteiger partial charge < -0.3 is 20.0 Å². The van der Waals surface area contributed by atoms with E-state index in [1.165, 1.54) is 28.4 Å². The first-order chi connectivity index (χ1) is 16.3. The lowest BCUT2D eigenvalue weighted by Gasteiger charge is -2.38. The van der Waals surface area contributed by atoms with Gasteiger partial charge in [0.05, 0.1) is 0 Å². The maximum absolute atomic E-state index is 12.8. The lowest BCUT2D eigenvalue weighted by Crippen LogP contribution is -2.50. The molecule has 2 aliphatic heterocycles. The highest BCUT2D eigenvalue weighted by molar-refractivity contribution is 5.88. The number of amides is 3. The molecular formula is C24H33N7O3. The molecule has 10 nitrogen and oxygen atoms in total. The van der Waals surface area contributed by atoms with Crippen LogP contribution in [0, 0.1) is 6.92 Å². The number of anilines is 2. The van der Waals surface area contributed by atoms with E-state index in [1.807, 2.05) is 4.90 Å². The van der Waals surface area contributed by atoms with Gasteiger partial charge in [0.25, 0.3) is 0 Å². The zero-order valence-electron chi connectivity index (χ0n) is 20.2. The number of carbonyl (C=O) groups is 3. The number of benzene rings is 1. The number of aromatic nitrogens is 2. The molecule has 4 rings (SSSR count). The van der Waals surface area contributed by atoms with Crippen molar-refractivity contribution in [2.75, 3.05) is 62.6 Å². The van der Waals surface area contributed by atoms with Crippen LogP contribution in [0.1, 0.15) is 25.0 Å². The van der Waals surface area contributed by atoms with Gasteiger partial charge in [-0.05, 0) is 24.1 Å². The van der Waals surface area contributed by atoms with Crippen LogP contribution < -0.4 is 10.2 Å². The fourth-order valence-corrected chi connectivity index (χ4v) is 4.52. The summed E-state index contributed by atoms with van der Waals surface area (Å²) in [4.78, 5) is 44.1. The molecule has 2 aromatic rings. The highest BCUT2D eigenvalue weighted by Crippen LogP contribution is 2.25. The van der Waals surface area contributed by atoms with Crippen LogP contribution in [0.2, 0.25) is 0 Å². The van der Waals surface area contributed by atoms with Gasteiger partial charge in [0.2, 0.25) is 11.8 Å². The molecule has 0 bridgehead atoms. The van der Waals surface area contributed by atoms with Crippen LogP contribution in [0.3, 0.4) is 0 Å². The molecule has 3 amide bonds. The Labute approximate surface area is 200 Å². The number of nitrogens with one attached hydrogen (secondary N) is 1. The third-order valence-electron chi connectivity index (χ3n) is 6.43. The summed E-state index contributed by atoms with van der Waals surface area (Å²) in [7, 11) is 0. The molecule has 34 heavy (non-hydrogen) atoms. The number of piperazine rings is 2. The molecule has 0 unspecified atom stereocenters. The predicted molar refractivity (Wildman–Crippen MR) is 130 cm³/mol. The molecule has 2 aliphatic rings. The molecule has 2 saturated heterocycles. The second-order valence-electron chi connectivity index (χ2n) is 9.00. The molecule has 10 heteroatoms. The van der Waals surface area contributed by atoms with E-state index < -0.39 is 0 Å². The first-order valence-electron chi connectivity index (χ1n) is 11.7. The topological polar surface area (TPSA) is 94.0 Å². The smallest absolute Gasteiger partial charge is 0.344 e. The summed E-state index contributed by atoms with van der Waals surface area (Å²) < 4.78 is 1.28. The minimum atomic E-state index is -0.220. The van der Waals surface area contributed by atoms with Crippen molar-refractivity contribution in [2.45, 2.75) is 27.3 Å². The van der Waals surface area contributed by atoms with E-state index in [2.05, 4.69) is 45.3 Å². The normalized spacial score (nSPS) is 17.1. The Hall–Kier alpha value is -3.40. The van der Waals surface area contributed by atoms with Crippen LogP contribution in [-0.2, 0) is 16.1 Å². The Bertz CT molecular complexity index is 1050. The summed E-state index contributed by atoms with van der Waals surface area (Å²) in [6.45, 7) is 11.9. The van der Waals surface area contributed by atoms with Crippen LogP contribution in [0.15, 0.2) is 30.5 Å². The minimum absolute atomic E-state index is 0.137. The van der Waals surface area contributed by atoms with Crippen molar-refractivity contribution in [3.05, 3.63) is 41.6 Å². The second-order valence-corrected chi connectivity index (χ2v) is 9.00. The van der Waals surface area contributed by atoms with Gasteiger partial charge in [-0.25, -0.2) is 4.79 Å². The zero-order valence-corrected chi connectivity index (χ0v) is 20.2. The number of rotatable bonds is 4. The van der Waals surface area contributed by atoms with Gasteiger partial charge in [0.1, 0.15) is 0 Å². The van der Waals surface area contributed by atoms with Crippen LogP contribution in [-0.4, -0.2) is 94.7 Å². The molecule has 0 radical (unpaired) electrons. The van der Waals surface area contributed by atoms with Crippen molar-refractivity contribution < 1.29 is 14.4 Å². The number of hydrogen-bond donors (Lipinski definition) is 1.